The van der Waals surface area contributed by atoms with Gasteiger partial charge in [0, 0.05) is 32.1 Å². The number of aromatic nitrogens is 1. The van der Waals surface area contributed by atoms with Crippen LogP contribution in [-0.2, 0) is 6.54 Å². The molecular formula is C10H16ClN3S. The molecule has 0 aliphatic carbocycles. The fourth-order valence-electron chi connectivity index (χ4n) is 1.20. The van der Waals surface area contributed by atoms with Crippen molar-refractivity contribution in [3.8, 4) is 0 Å². The van der Waals surface area contributed by atoms with E-state index in [1.54, 1.807) is 18.0 Å². The summed E-state index contributed by atoms with van der Waals surface area (Å²) in [6, 6.07) is 1.87. The Labute approximate surface area is 100 Å². The lowest BCUT2D eigenvalue weighted by atomic mass is 10.3. The van der Waals surface area contributed by atoms with Crippen LogP contribution in [0, 0.1) is 0 Å². The third-order valence-electron chi connectivity index (χ3n) is 2.11. The molecule has 0 bridgehead atoms. The fourth-order valence-corrected chi connectivity index (χ4v) is 1.99. The number of nitrogens with zero attached hydrogens (tertiary/aromatic N) is 2. The standard InChI is InChI=1S/C10H16ClN3S/c1-14(3-4-15-2)10-9(11)5-8(6-12)7-13-10/h5,7H,3-4,6,12H2,1-2H3. The fraction of sp³-hybridized carbons (Fsp3) is 0.500. The maximum Gasteiger partial charge on any atom is 0.147 e. The maximum absolute atomic E-state index is 6.12. The van der Waals surface area contributed by atoms with E-state index in [9.17, 15) is 0 Å². The molecule has 0 unspecified atom stereocenters. The van der Waals surface area contributed by atoms with E-state index in [-0.39, 0.29) is 0 Å². The summed E-state index contributed by atoms with van der Waals surface area (Å²) in [5, 5.41) is 0.668. The average Bonchev–Trinajstić information content (AvgIpc) is 2.25. The van der Waals surface area contributed by atoms with Gasteiger partial charge >= 0.3 is 0 Å². The van der Waals surface area contributed by atoms with Gasteiger partial charge in [-0.1, -0.05) is 11.6 Å². The molecule has 0 aromatic carbocycles. The molecule has 0 aliphatic rings. The molecule has 0 radical (unpaired) electrons. The normalized spacial score (nSPS) is 10.4. The van der Waals surface area contributed by atoms with Gasteiger partial charge in [-0.3, -0.25) is 0 Å². The molecule has 5 heteroatoms. The molecule has 3 nitrogen and oxygen atoms in total. The highest BCUT2D eigenvalue weighted by atomic mass is 35.5. The maximum atomic E-state index is 6.12. The largest absolute Gasteiger partial charge is 0.358 e. The second-order valence-corrected chi connectivity index (χ2v) is 4.66. The molecule has 84 valence electrons. The van der Waals surface area contributed by atoms with E-state index in [1.807, 2.05) is 13.1 Å². The molecule has 1 heterocycles. The number of thioether (sulfide) groups is 1. The summed E-state index contributed by atoms with van der Waals surface area (Å²) >= 11 is 7.92. The zero-order valence-electron chi connectivity index (χ0n) is 9.03. The topological polar surface area (TPSA) is 42.2 Å². The molecule has 0 aliphatic heterocycles. The molecule has 1 aromatic heterocycles. The first-order chi connectivity index (χ1) is 7.19. The van der Waals surface area contributed by atoms with Crippen LogP contribution in [0.4, 0.5) is 5.82 Å². The minimum Gasteiger partial charge on any atom is -0.358 e. The van der Waals surface area contributed by atoms with Gasteiger partial charge in [0.1, 0.15) is 5.82 Å². The summed E-state index contributed by atoms with van der Waals surface area (Å²) in [5.41, 5.74) is 6.47. The Hall–Kier alpha value is -0.450. The van der Waals surface area contributed by atoms with E-state index in [4.69, 9.17) is 17.3 Å². The van der Waals surface area contributed by atoms with Crippen molar-refractivity contribution in [1.29, 1.82) is 0 Å². The van der Waals surface area contributed by atoms with E-state index in [2.05, 4.69) is 16.1 Å². The molecular weight excluding hydrogens is 230 g/mol. The Kier molecular flexibility index (Phi) is 5.22. The van der Waals surface area contributed by atoms with E-state index in [0.717, 1.165) is 23.7 Å². The molecule has 0 fully saturated rings. The van der Waals surface area contributed by atoms with E-state index < -0.39 is 0 Å². The summed E-state index contributed by atoms with van der Waals surface area (Å²) in [4.78, 5) is 6.36. The summed E-state index contributed by atoms with van der Waals surface area (Å²) in [6.45, 7) is 1.41. The van der Waals surface area contributed by atoms with Crippen LogP contribution in [0.25, 0.3) is 0 Å². The number of halogens is 1. The average molecular weight is 246 g/mol. The molecule has 0 atom stereocenters. The van der Waals surface area contributed by atoms with Crippen molar-refractivity contribution in [2.75, 3.05) is 30.5 Å². The highest BCUT2D eigenvalue weighted by Crippen LogP contribution is 2.22. The van der Waals surface area contributed by atoms with Crippen LogP contribution in [0.1, 0.15) is 5.56 Å². The van der Waals surface area contributed by atoms with Crippen molar-refractivity contribution in [2.45, 2.75) is 6.54 Å². The van der Waals surface area contributed by atoms with Crippen molar-refractivity contribution in [3.05, 3.63) is 22.8 Å². The third-order valence-corrected chi connectivity index (χ3v) is 2.98. The molecule has 1 rings (SSSR count). The quantitative estimate of drug-likeness (QED) is 0.862. The van der Waals surface area contributed by atoms with Crippen molar-refractivity contribution < 1.29 is 0 Å². The van der Waals surface area contributed by atoms with Gasteiger partial charge in [-0.2, -0.15) is 11.8 Å². The van der Waals surface area contributed by atoms with Gasteiger partial charge in [-0.25, -0.2) is 4.98 Å². The van der Waals surface area contributed by atoms with Crippen LogP contribution in [0.15, 0.2) is 12.3 Å². The van der Waals surface area contributed by atoms with Gasteiger partial charge in [0.15, 0.2) is 0 Å². The first-order valence-electron chi connectivity index (χ1n) is 4.73. The second-order valence-electron chi connectivity index (χ2n) is 3.27. The van der Waals surface area contributed by atoms with Crippen LogP contribution < -0.4 is 10.6 Å². The lowest BCUT2D eigenvalue weighted by Gasteiger charge is -2.18. The molecule has 1 aromatic rings. The predicted octanol–water partition coefficient (Wildman–Crippen LogP) is 1.99. The Morgan fingerprint density at radius 1 is 1.60 bits per heavy atom. The van der Waals surface area contributed by atoms with Gasteiger partial charge in [0.25, 0.3) is 0 Å². The van der Waals surface area contributed by atoms with Crippen molar-refractivity contribution in [1.82, 2.24) is 4.98 Å². The van der Waals surface area contributed by atoms with Gasteiger partial charge in [-0.05, 0) is 17.9 Å². The Bertz CT molecular complexity index is 320. The first-order valence-corrected chi connectivity index (χ1v) is 6.50. The van der Waals surface area contributed by atoms with Crippen LogP contribution in [0.5, 0.6) is 0 Å². The van der Waals surface area contributed by atoms with E-state index in [1.165, 1.54) is 0 Å². The molecule has 0 amide bonds. The number of rotatable bonds is 5. The van der Waals surface area contributed by atoms with Crippen molar-refractivity contribution in [2.24, 2.45) is 5.73 Å². The lowest BCUT2D eigenvalue weighted by molar-refractivity contribution is 0.938. The van der Waals surface area contributed by atoms with Crippen molar-refractivity contribution >= 4 is 29.2 Å². The lowest BCUT2D eigenvalue weighted by Crippen LogP contribution is -2.21. The highest BCUT2D eigenvalue weighted by Gasteiger charge is 2.07. The monoisotopic (exact) mass is 245 g/mol. The molecule has 0 spiro atoms. The highest BCUT2D eigenvalue weighted by molar-refractivity contribution is 7.98. The van der Waals surface area contributed by atoms with Crippen LogP contribution >= 0.6 is 23.4 Å². The molecule has 2 N–H and O–H groups in total. The second kappa shape index (κ2) is 6.20. The van der Waals surface area contributed by atoms with Crippen LogP contribution in [0.3, 0.4) is 0 Å². The Morgan fingerprint density at radius 3 is 2.87 bits per heavy atom. The number of hydrogen-bond acceptors (Lipinski definition) is 4. The van der Waals surface area contributed by atoms with Crippen LogP contribution in [-0.4, -0.2) is 30.6 Å². The zero-order valence-corrected chi connectivity index (χ0v) is 10.6. The molecule has 0 saturated heterocycles. The number of anilines is 1. The zero-order chi connectivity index (χ0) is 11.3. The smallest absolute Gasteiger partial charge is 0.147 e. The summed E-state index contributed by atoms with van der Waals surface area (Å²) in [7, 11) is 1.99. The Morgan fingerprint density at radius 2 is 2.33 bits per heavy atom. The first kappa shape index (κ1) is 12.6. The van der Waals surface area contributed by atoms with Gasteiger partial charge in [-0.15, -0.1) is 0 Å². The van der Waals surface area contributed by atoms with Gasteiger partial charge < -0.3 is 10.6 Å². The SMILES string of the molecule is CSCCN(C)c1ncc(CN)cc1Cl. The van der Waals surface area contributed by atoms with Crippen molar-refractivity contribution in [3.63, 3.8) is 0 Å². The number of hydrogen-bond donors (Lipinski definition) is 1. The predicted molar refractivity (Wildman–Crippen MR) is 68.8 cm³/mol. The summed E-state index contributed by atoms with van der Waals surface area (Å²) in [6.07, 6.45) is 3.86. The molecule has 15 heavy (non-hydrogen) atoms. The van der Waals surface area contributed by atoms with Gasteiger partial charge in [0.2, 0.25) is 0 Å². The molecule has 0 saturated carbocycles. The summed E-state index contributed by atoms with van der Waals surface area (Å²) in [5.74, 6) is 1.88. The minimum absolute atomic E-state index is 0.474. The number of pyridine rings is 1. The van der Waals surface area contributed by atoms with Gasteiger partial charge in [0.05, 0.1) is 5.02 Å². The summed E-state index contributed by atoms with van der Waals surface area (Å²) < 4.78 is 0. The van der Waals surface area contributed by atoms with E-state index >= 15 is 0 Å². The number of nitrogens with two attached hydrogens (primary N) is 1. The minimum atomic E-state index is 0.474. The third kappa shape index (κ3) is 3.55. The Balaban J connectivity index is 2.76. The van der Waals surface area contributed by atoms with Crippen LogP contribution in [0.2, 0.25) is 5.02 Å². The van der Waals surface area contributed by atoms with E-state index in [0.29, 0.717) is 11.6 Å².